The van der Waals surface area contributed by atoms with Crippen LogP contribution in [0.5, 0.6) is 0 Å². The largest absolute Gasteiger partial charge is 0.317 e. The molecule has 0 aliphatic heterocycles. The van der Waals surface area contributed by atoms with Crippen molar-refractivity contribution in [1.82, 2.24) is 19.5 Å². The first-order chi connectivity index (χ1) is 11.1. The lowest BCUT2D eigenvalue weighted by atomic mass is 10.2. The van der Waals surface area contributed by atoms with E-state index in [0.29, 0.717) is 6.04 Å². The van der Waals surface area contributed by atoms with E-state index in [-0.39, 0.29) is 11.0 Å². The molecule has 0 radical (unpaired) electrons. The third kappa shape index (κ3) is 2.35. The second-order valence-corrected chi connectivity index (χ2v) is 7.35. The number of fused-ring (bicyclic) bond motifs is 1. The Hall–Kier alpha value is -1.53. The van der Waals surface area contributed by atoms with Crippen molar-refractivity contribution in [2.75, 3.05) is 0 Å². The monoisotopic (exact) mass is 350 g/mol. The van der Waals surface area contributed by atoms with Crippen molar-refractivity contribution in [3.05, 3.63) is 28.7 Å². The predicted octanol–water partition coefficient (Wildman–Crippen LogP) is 5.08. The molecule has 0 bridgehead atoms. The number of hydrogen-bond acceptors (Lipinski definition) is 4. The quantitative estimate of drug-likeness (QED) is 0.605. The molecule has 7 heteroatoms. The lowest BCUT2D eigenvalue weighted by Gasteiger charge is -2.13. The van der Waals surface area contributed by atoms with Gasteiger partial charge in [-0.2, -0.15) is 0 Å². The standard InChI is InChI=1S/C16H16ClFN4S/c1-8-12-15(22(9(2)20-12)10-5-3-4-6-10)23-14(8)13-11(18)7-19-16(17)21-13/h7,10H,3-6H2,1-2H3. The highest BCUT2D eigenvalue weighted by Crippen LogP contribution is 2.42. The molecule has 0 N–H and O–H groups in total. The zero-order valence-corrected chi connectivity index (χ0v) is 14.5. The second-order valence-electron chi connectivity index (χ2n) is 6.01. The van der Waals surface area contributed by atoms with Crippen molar-refractivity contribution < 1.29 is 4.39 Å². The first kappa shape index (κ1) is 15.0. The van der Waals surface area contributed by atoms with Gasteiger partial charge in [0.25, 0.3) is 0 Å². The van der Waals surface area contributed by atoms with Crippen LogP contribution in [0.25, 0.3) is 20.9 Å². The number of rotatable bonds is 2. The van der Waals surface area contributed by atoms with Crippen LogP contribution in [0.2, 0.25) is 5.28 Å². The van der Waals surface area contributed by atoms with E-state index in [0.717, 1.165) is 32.8 Å². The third-order valence-electron chi connectivity index (χ3n) is 4.56. The smallest absolute Gasteiger partial charge is 0.223 e. The summed E-state index contributed by atoms with van der Waals surface area (Å²) in [4.78, 5) is 14.4. The van der Waals surface area contributed by atoms with Crippen molar-refractivity contribution in [2.45, 2.75) is 45.6 Å². The lowest BCUT2D eigenvalue weighted by Crippen LogP contribution is -2.05. The van der Waals surface area contributed by atoms with Gasteiger partial charge >= 0.3 is 0 Å². The number of hydrogen-bond donors (Lipinski definition) is 0. The minimum absolute atomic E-state index is 0.0571. The molecular formula is C16H16ClFN4S. The summed E-state index contributed by atoms with van der Waals surface area (Å²) in [6.07, 6.45) is 6.02. The Labute approximate surface area is 142 Å². The average Bonchev–Trinajstić information content (AvgIpc) is 3.20. The first-order valence-electron chi connectivity index (χ1n) is 7.72. The fourth-order valence-corrected chi connectivity index (χ4v) is 4.96. The minimum Gasteiger partial charge on any atom is -0.317 e. The van der Waals surface area contributed by atoms with Crippen molar-refractivity contribution >= 4 is 33.3 Å². The topological polar surface area (TPSA) is 43.6 Å². The van der Waals surface area contributed by atoms with Crippen molar-refractivity contribution in [2.24, 2.45) is 0 Å². The maximum atomic E-state index is 14.1. The predicted molar refractivity (Wildman–Crippen MR) is 90.6 cm³/mol. The van der Waals surface area contributed by atoms with E-state index in [1.54, 1.807) is 11.3 Å². The van der Waals surface area contributed by atoms with Gasteiger partial charge in [-0.15, -0.1) is 11.3 Å². The molecule has 0 saturated heterocycles. The third-order valence-corrected chi connectivity index (χ3v) is 6.03. The highest BCUT2D eigenvalue weighted by atomic mass is 35.5. The van der Waals surface area contributed by atoms with Gasteiger partial charge in [0.05, 0.1) is 11.1 Å². The normalized spacial score (nSPS) is 15.8. The van der Waals surface area contributed by atoms with E-state index in [9.17, 15) is 4.39 Å². The summed E-state index contributed by atoms with van der Waals surface area (Å²) >= 11 is 7.39. The van der Waals surface area contributed by atoms with E-state index < -0.39 is 5.82 Å². The SMILES string of the molecule is Cc1c(-c2nc(Cl)ncc2F)sc2c1nc(C)n2C1CCCC1. The van der Waals surface area contributed by atoms with Crippen LogP contribution in [-0.4, -0.2) is 19.5 Å². The molecule has 1 aliphatic carbocycles. The second kappa shape index (κ2) is 5.53. The van der Waals surface area contributed by atoms with Gasteiger partial charge in [0.15, 0.2) is 5.82 Å². The highest BCUT2D eigenvalue weighted by molar-refractivity contribution is 7.22. The first-order valence-corrected chi connectivity index (χ1v) is 8.92. The van der Waals surface area contributed by atoms with Gasteiger partial charge in [-0.1, -0.05) is 12.8 Å². The molecule has 4 nitrogen and oxygen atoms in total. The van der Waals surface area contributed by atoms with Crippen LogP contribution in [0.1, 0.15) is 43.1 Å². The molecule has 1 fully saturated rings. The van der Waals surface area contributed by atoms with Gasteiger partial charge in [0.2, 0.25) is 5.28 Å². The fraction of sp³-hybridized carbons (Fsp3) is 0.438. The summed E-state index contributed by atoms with van der Waals surface area (Å²) in [5.74, 6) is 0.583. The summed E-state index contributed by atoms with van der Waals surface area (Å²) < 4.78 is 16.5. The van der Waals surface area contributed by atoms with Gasteiger partial charge in [-0.05, 0) is 43.9 Å². The van der Waals surface area contributed by atoms with Crippen LogP contribution in [-0.2, 0) is 0 Å². The molecular weight excluding hydrogens is 335 g/mol. The summed E-state index contributed by atoms with van der Waals surface area (Å²) in [5.41, 5.74) is 2.17. The zero-order chi connectivity index (χ0) is 16.1. The summed E-state index contributed by atoms with van der Waals surface area (Å²) in [5, 5.41) is 0.0571. The molecule has 120 valence electrons. The number of aryl methyl sites for hydroxylation is 2. The van der Waals surface area contributed by atoms with Crippen LogP contribution in [0.4, 0.5) is 4.39 Å². The van der Waals surface area contributed by atoms with Crippen LogP contribution in [0.15, 0.2) is 6.20 Å². The summed E-state index contributed by atoms with van der Waals surface area (Å²) in [7, 11) is 0. The highest BCUT2D eigenvalue weighted by Gasteiger charge is 2.25. The van der Waals surface area contributed by atoms with Gasteiger partial charge in [0, 0.05) is 6.04 Å². The van der Waals surface area contributed by atoms with Crippen LogP contribution >= 0.6 is 22.9 Å². The molecule has 0 atom stereocenters. The van der Waals surface area contributed by atoms with Crippen molar-refractivity contribution in [1.29, 1.82) is 0 Å². The Bertz CT molecular complexity index is 895. The molecule has 3 aromatic rings. The molecule has 0 unspecified atom stereocenters. The van der Waals surface area contributed by atoms with Crippen LogP contribution < -0.4 is 0 Å². The van der Waals surface area contributed by atoms with E-state index in [1.807, 2.05) is 13.8 Å². The van der Waals surface area contributed by atoms with Gasteiger partial charge in [0.1, 0.15) is 21.9 Å². The maximum absolute atomic E-state index is 14.1. The fourth-order valence-electron chi connectivity index (χ4n) is 3.47. The Morgan fingerprint density at radius 3 is 2.74 bits per heavy atom. The number of imidazole rings is 1. The molecule has 1 aliphatic rings. The van der Waals surface area contributed by atoms with E-state index >= 15 is 0 Å². The zero-order valence-electron chi connectivity index (χ0n) is 12.9. The molecule has 23 heavy (non-hydrogen) atoms. The summed E-state index contributed by atoms with van der Waals surface area (Å²) in [6, 6.07) is 0.504. The van der Waals surface area contributed by atoms with E-state index in [1.165, 1.54) is 25.7 Å². The lowest BCUT2D eigenvalue weighted by molar-refractivity contribution is 0.522. The number of nitrogens with zero attached hydrogens (tertiary/aromatic N) is 4. The van der Waals surface area contributed by atoms with Gasteiger partial charge < -0.3 is 4.57 Å². The molecule has 3 heterocycles. The van der Waals surface area contributed by atoms with Crippen molar-refractivity contribution in [3.8, 4) is 10.6 Å². The summed E-state index contributed by atoms with van der Waals surface area (Å²) in [6.45, 7) is 4.02. The Morgan fingerprint density at radius 1 is 1.26 bits per heavy atom. The van der Waals surface area contributed by atoms with Gasteiger partial charge in [-0.3, -0.25) is 0 Å². The van der Waals surface area contributed by atoms with Crippen LogP contribution in [0, 0.1) is 19.7 Å². The Balaban J connectivity index is 1.93. The molecule has 3 aromatic heterocycles. The molecule has 0 spiro atoms. The Morgan fingerprint density at radius 2 is 2.00 bits per heavy atom. The minimum atomic E-state index is -0.453. The maximum Gasteiger partial charge on any atom is 0.223 e. The molecule has 0 amide bonds. The Kier molecular flexibility index (Phi) is 3.61. The number of thiophene rings is 1. The van der Waals surface area contributed by atoms with Crippen LogP contribution in [0.3, 0.4) is 0 Å². The average molecular weight is 351 g/mol. The molecule has 1 saturated carbocycles. The number of halogens is 2. The van der Waals surface area contributed by atoms with E-state index in [2.05, 4.69) is 14.5 Å². The molecule has 0 aromatic carbocycles. The van der Waals surface area contributed by atoms with Gasteiger partial charge in [-0.25, -0.2) is 19.3 Å². The van der Waals surface area contributed by atoms with E-state index in [4.69, 9.17) is 16.6 Å². The number of aromatic nitrogens is 4. The van der Waals surface area contributed by atoms with Crippen molar-refractivity contribution in [3.63, 3.8) is 0 Å². The molecule has 4 rings (SSSR count).